The molecule has 0 saturated heterocycles. The monoisotopic (exact) mass is 253 g/mol. The Labute approximate surface area is 102 Å². The van der Waals surface area contributed by atoms with E-state index in [9.17, 15) is 4.79 Å². The van der Waals surface area contributed by atoms with Crippen molar-refractivity contribution in [1.82, 2.24) is 4.98 Å². The van der Waals surface area contributed by atoms with Crippen LogP contribution in [0.2, 0.25) is 5.02 Å². The number of benzene rings is 1. The number of ether oxygens (including phenoxy) is 1. The van der Waals surface area contributed by atoms with Gasteiger partial charge in [-0.3, -0.25) is 0 Å². The van der Waals surface area contributed by atoms with Crippen molar-refractivity contribution >= 4 is 28.9 Å². The van der Waals surface area contributed by atoms with Crippen molar-refractivity contribution in [2.75, 3.05) is 7.11 Å². The summed E-state index contributed by atoms with van der Waals surface area (Å²) < 4.78 is 4.71. The molecule has 2 rings (SSSR count). The molecule has 1 aromatic carbocycles. The molecule has 0 bridgehead atoms. The summed E-state index contributed by atoms with van der Waals surface area (Å²) in [5.74, 6) is -0.410. The number of aromatic nitrogens is 1. The predicted molar refractivity (Wildman–Crippen MR) is 63.9 cm³/mol. The number of methoxy groups -OCH3 is 1. The molecule has 0 aliphatic carbocycles. The predicted octanol–water partition coefficient (Wildman–Crippen LogP) is 3.25. The average Bonchev–Trinajstić information content (AvgIpc) is 2.81. The minimum atomic E-state index is -0.410. The first-order valence-electron chi connectivity index (χ1n) is 4.50. The summed E-state index contributed by atoms with van der Waals surface area (Å²) in [4.78, 5) is 15.7. The van der Waals surface area contributed by atoms with Crippen LogP contribution in [-0.4, -0.2) is 18.1 Å². The number of nitrogens with zero attached hydrogens (tertiary/aromatic N) is 1. The smallest absolute Gasteiger partial charge is 0.338 e. The summed E-state index contributed by atoms with van der Waals surface area (Å²) in [5.41, 5.74) is 1.07. The van der Waals surface area contributed by atoms with Crippen LogP contribution in [0.15, 0.2) is 29.8 Å². The third-order valence-electron chi connectivity index (χ3n) is 2.07. The summed E-state index contributed by atoms with van der Waals surface area (Å²) in [5, 5.41) is 3.04. The molecule has 16 heavy (non-hydrogen) atoms. The molecule has 0 aliphatic rings. The highest BCUT2D eigenvalue weighted by molar-refractivity contribution is 7.13. The normalized spacial score (nSPS) is 10.1. The standard InChI is InChI=1S/C11H8ClNO2S/c1-15-11(14)7-3-2-4-8(12)9(7)10-13-5-6-16-10/h2-6H,1H3. The summed E-state index contributed by atoms with van der Waals surface area (Å²) in [6.07, 6.45) is 1.67. The zero-order valence-corrected chi connectivity index (χ0v) is 10.0. The molecule has 82 valence electrons. The highest BCUT2D eigenvalue weighted by Crippen LogP contribution is 2.32. The van der Waals surface area contributed by atoms with E-state index in [-0.39, 0.29) is 0 Å². The van der Waals surface area contributed by atoms with E-state index in [0.29, 0.717) is 21.2 Å². The Morgan fingerprint density at radius 2 is 2.31 bits per heavy atom. The van der Waals surface area contributed by atoms with E-state index >= 15 is 0 Å². The largest absolute Gasteiger partial charge is 0.465 e. The number of thiazole rings is 1. The average molecular weight is 254 g/mol. The van der Waals surface area contributed by atoms with Crippen LogP contribution < -0.4 is 0 Å². The molecule has 1 aromatic heterocycles. The fourth-order valence-electron chi connectivity index (χ4n) is 1.37. The van der Waals surface area contributed by atoms with Crippen LogP contribution in [0.4, 0.5) is 0 Å². The molecule has 0 aliphatic heterocycles. The number of rotatable bonds is 2. The van der Waals surface area contributed by atoms with E-state index in [2.05, 4.69) is 4.98 Å². The van der Waals surface area contributed by atoms with Gasteiger partial charge in [-0.1, -0.05) is 17.7 Å². The molecule has 0 amide bonds. The number of hydrogen-bond acceptors (Lipinski definition) is 4. The van der Waals surface area contributed by atoms with Crippen molar-refractivity contribution in [2.45, 2.75) is 0 Å². The van der Waals surface area contributed by atoms with Crippen molar-refractivity contribution in [3.8, 4) is 10.6 Å². The second-order valence-electron chi connectivity index (χ2n) is 2.99. The second kappa shape index (κ2) is 4.63. The van der Waals surface area contributed by atoms with Crippen molar-refractivity contribution in [1.29, 1.82) is 0 Å². The van der Waals surface area contributed by atoms with Crippen molar-refractivity contribution in [3.05, 3.63) is 40.4 Å². The fourth-order valence-corrected chi connectivity index (χ4v) is 2.40. The molecular weight excluding hydrogens is 246 g/mol. The second-order valence-corrected chi connectivity index (χ2v) is 4.29. The van der Waals surface area contributed by atoms with Gasteiger partial charge >= 0.3 is 5.97 Å². The highest BCUT2D eigenvalue weighted by atomic mass is 35.5. The molecule has 3 nitrogen and oxygen atoms in total. The molecule has 2 aromatic rings. The van der Waals surface area contributed by atoms with Crippen LogP contribution in [0.1, 0.15) is 10.4 Å². The molecule has 0 spiro atoms. The van der Waals surface area contributed by atoms with Crippen molar-refractivity contribution in [2.24, 2.45) is 0 Å². The van der Waals surface area contributed by atoms with Crippen molar-refractivity contribution in [3.63, 3.8) is 0 Å². The van der Waals surface area contributed by atoms with Crippen LogP contribution >= 0.6 is 22.9 Å². The van der Waals surface area contributed by atoms with E-state index in [4.69, 9.17) is 16.3 Å². The Morgan fingerprint density at radius 3 is 2.94 bits per heavy atom. The van der Waals surface area contributed by atoms with Crippen molar-refractivity contribution < 1.29 is 9.53 Å². The molecule has 0 radical (unpaired) electrons. The third-order valence-corrected chi connectivity index (χ3v) is 3.17. The van der Waals surface area contributed by atoms with Crippen LogP contribution in [-0.2, 0) is 4.74 Å². The van der Waals surface area contributed by atoms with E-state index in [0.717, 1.165) is 0 Å². The van der Waals surface area contributed by atoms with E-state index < -0.39 is 5.97 Å². The topological polar surface area (TPSA) is 39.2 Å². The van der Waals surface area contributed by atoms with Gasteiger partial charge in [0.25, 0.3) is 0 Å². The maximum atomic E-state index is 11.6. The minimum Gasteiger partial charge on any atom is -0.465 e. The quantitative estimate of drug-likeness (QED) is 0.772. The van der Waals surface area contributed by atoms with Crippen LogP contribution in [0.3, 0.4) is 0 Å². The Morgan fingerprint density at radius 1 is 1.50 bits per heavy atom. The van der Waals surface area contributed by atoms with Gasteiger partial charge in [0.2, 0.25) is 0 Å². The van der Waals surface area contributed by atoms with Gasteiger partial charge in [-0.15, -0.1) is 11.3 Å². The Bertz CT molecular complexity index is 511. The first-order chi connectivity index (χ1) is 7.74. The van der Waals surface area contributed by atoms with Gasteiger partial charge < -0.3 is 4.74 Å². The van der Waals surface area contributed by atoms with Gasteiger partial charge in [-0.25, -0.2) is 9.78 Å². The SMILES string of the molecule is COC(=O)c1cccc(Cl)c1-c1nccs1. The third kappa shape index (κ3) is 1.94. The van der Waals surface area contributed by atoms with Crippen LogP contribution in [0.5, 0.6) is 0 Å². The van der Waals surface area contributed by atoms with Crippen LogP contribution in [0.25, 0.3) is 10.6 Å². The Kier molecular flexibility index (Phi) is 3.22. The molecule has 1 heterocycles. The maximum Gasteiger partial charge on any atom is 0.338 e. The lowest BCUT2D eigenvalue weighted by atomic mass is 10.1. The summed E-state index contributed by atoms with van der Waals surface area (Å²) in [6, 6.07) is 5.12. The van der Waals surface area contributed by atoms with Gasteiger partial charge in [-0.2, -0.15) is 0 Å². The van der Waals surface area contributed by atoms with Gasteiger partial charge in [-0.05, 0) is 12.1 Å². The van der Waals surface area contributed by atoms with E-state index in [1.165, 1.54) is 18.4 Å². The lowest BCUT2D eigenvalue weighted by Gasteiger charge is -2.06. The first-order valence-corrected chi connectivity index (χ1v) is 5.76. The van der Waals surface area contributed by atoms with Gasteiger partial charge in [0.15, 0.2) is 0 Å². The minimum absolute atomic E-state index is 0.410. The van der Waals surface area contributed by atoms with E-state index in [1.54, 1.807) is 24.4 Å². The molecule has 0 N–H and O–H groups in total. The zero-order chi connectivity index (χ0) is 11.5. The summed E-state index contributed by atoms with van der Waals surface area (Å²) in [6.45, 7) is 0. The molecule has 0 saturated carbocycles. The fraction of sp³-hybridized carbons (Fsp3) is 0.0909. The Hall–Kier alpha value is -1.39. The molecule has 5 heteroatoms. The molecule has 0 atom stereocenters. The number of esters is 1. The van der Waals surface area contributed by atoms with Crippen LogP contribution in [0, 0.1) is 0 Å². The summed E-state index contributed by atoms with van der Waals surface area (Å²) >= 11 is 7.51. The number of halogens is 1. The lowest BCUT2D eigenvalue weighted by molar-refractivity contribution is 0.0601. The highest BCUT2D eigenvalue weighted by Gasteiger charge is 2.17. The van der Waals surface area contributed by atoms with Gasteiger partial charge in [0, 0.05) is 17.1 Å². The number of carbonyl (C=O) groups excluding carboxylic acids is 1. The van der Waals surface area contributed by atoms with E-state index in [1.807, 2.05) is 5.38 Å². The number of carbonyl (C=O) groups is 1. The summed E-state index contributed by atoms with van der Waals surface area (Å²) in [7, 11) is 1.34. The lowest BCUT2D eigenvalue weighted by Crippen LogP contribution is -2.03. The maximum absolute atomic E-state index is 11.6. The zero-order valence-electron chi connectivity index (χ0n) is 8.44. The Balaban J connectivity index is 2.62. The molecular formula is C11H8ClNO2S. The molecule has 0 fully saturated rings. The first kappa shape index (κ1) is 11.1. The van der Waals surface area contributed by atoms with Gasteiger partial charge in [0.1, 0.15) is 5.01 Å². The number of hydrogen-bond donors (Lipinski definition) is 0. The molecule has 0 unspecified atom stereocenters. The van der Waals surface area contributed by atoms with Gasteiger partial charge in [0.05, 0.1) is 17.7 Å².